The van der Waals surface area contributed by atoms with E-state index in [1.807, 2.05) is 20.8 Å². The molecule has 0 aromatic carbocycles. The van der Waals surface area contributed by atoms with Crippen LogP contribution in [0.5, 0.6) is 0 Å². The second-order valence-electron chi connectivity index (χ2n) is 25.0. The molecule has 82 heavy (non-hydrogen) atoms. The molecule has 0 aliphatic carbocycles. The zero-order valence-corrected chi connectivity index (χ0v) is 63.4. The predicted molar refractivity (Wildman–Crippen MR) is 365 cm³/mol. The SMILES string of the molecule is C=C/C=C(\CC)C(=O)O.C=C/C=C(\CC)C(=O)O[C@@H](C/C=[C](\C)[Sn]([CH2]CCC)([CH2]CCC)[CH2]CCC)C(C)C.CC#CC[C@H](O)C(C)C.CC(C)C1CO1.CC(C)[C@@H]1CO1.CCC[CH2][Sn]([CH2]CCC)([CH2]CCC)/[C](C)=C/C[C@H](O)C(C)C. The first-order chi connectivity index (χ1) is 38.7. The fourth-order valence-corrected chi connectivity index (χ4v) is 41.1. The molecule has 0 bridgehead atoms. The number of aliphatic hydroxyl groups excluding tert-OH is 2. The number of epoxide rings is 2. The molecule has 2 fully saturated rings. The van der Waals surface area contributed by atoms with Gasteiger partial charge in [0.1, 0.15) is 0 Å². The molecule has 3 N–H and O–H groups in total. The van der Waals surface area contributed by atoms with Crippen LogP contribution in [0.25, 0.3) is 0 Å². The van der Waals surface area contributed by atoms with Gasteiger partial charge in [0.05, 0.1) is 31.5 Å². The Balaban J connectivity index is -0.000000501. The summed E-state index contributed by atoms with van der Waals surface area (Å²) in [5.41, 5.74) is 1.10. The fourth-order valence-electron chi connectivity index (χ4n) is 9.27. The zero-order valence-electron chi connectivity index (χ0n) is 57.7. The van der Waals surface area contributed by atoms with E-state index in [1.54, 1.807) is 33.2 Å². The molecule has 0 spiro atoms. The number of hydrogen-bond acceptors (Lipinski definition) is 7. The molecule has 480 valence electrons. The van der Waals surface area contributed by atoms with Crippen molar-refractivity contribution in [2.75, 3.05) is 13.2 Å². The first-order valence-electron chi connectivity index (χ1n) is 33.2. The molecule has 0 amide bonds. The molecule has 1 unspecified atom stereocenters. The van der Waals surface area contributed by atoms with E-state index in [0.717, 1.165) is 37.9 Å². The number of esters is 1. The van der Waals surface area contributed by atoms with Crippen molar-refractivity contribution in [1.82, 2.24) is 0 Å². The van der Waals surface area contributed by atoms with Crippen LogP contribution < -0.4 is 0 Å². The van der Waals surface area contributed by atoms with E-state index in [0.29, 0.717) is 60.4 Å². The van der Waals surface area contributed by atoms with Crippen LogP contribution in [-0.2, 0) is 23.8 Å². The minimum absolute atomic E-state index is 0.0558. The number of carboxylic acids is 1. The van der Waals surface area contributed by atoms with Gasteiger partial charge in [0.2, 0.25) is 0 Å². The van der Waals surface area contributed by atoms with Crippen LogP contribution in [0, 0.1) is 41.4 Å². The van der Waals surface area contributed by atoms with E-state index in [2.05, 4.69) is 148 Å². The van der Waals surface area contributed by atoms with Crippen molar-refractivity contribution >= 4 is 48.7 Å². The van der Waals surface area contributed by atoms with Gasteiger partial charge in [0, 0.05) is 12.0 Å². The van der Waals surface area contributed by atoms with Crippen LogP contribution in [0.3, 0.4) is 0 Å². The van der Waals surface area contributed by atoms with Gasteiger partial charge in [-0.1, -0.05) is 67.2 Å². The van der Waals surface area contributed by atoms with Gasteiger partial charge in [0.25, 0.3) is 0 Å². The summed E-state index contributed by atoms with van der Waals surface area (Å²) in [4.78, 5) is 22.8. The number of aliphatic carboxylic acids is 1. The van der Waals surface area contributed by atoms with Crippen molar-refractivity contribution in [3.8, 4) is 11.8 Å². The van der Waals surface area contributed by atoms with Crippen LogP contribution in [0.2, 0.25) is 26.6 Å². The van der Waals surface area contributed by atoms with E-state index in [-0.39, 0.29) is 24.3 Å². The van der Waals surface area contributed by atoms with Crippen molar-refractivity contribution in [3.05, 3.63) is 67.9 Å². The number of carbonyl (C=O) groups excluding carboxylic acids is 1. The Hall–Kier alpha value is -1.62. The monoisotopic (exact) mass is 1370 g/mol. The maximum atomic E-state index is 12.6. The van der Waals surface area contributed by atoms with E-state index >= 15 is 0 Å². The van der Waals surface area contributed by atoms with Crippen LogP contribution in [0.1, 0.15) is 255 Å². The Morgan fingerprint density at radius 2 is 0.890 bits per heavy atom. The van der Waals surface area contributed by atoms with Crippen LogP contribution in [-0.4, -0.2) is 108 Å². The van der Waals surface area contributed by atoms with Gasteiger partial charge >= 0.3 is 344 Å². The molecule has 0 saturated carbocycles. The van der Waals surface area contributed by atoms with Gasteiger partial charge in [0.15, 0.2) is 0 Å². The quantitative estimate of drug-likeness (QED) is 0.0140. The first-order valence-corrected chi connectivity index (χ1v) is 48.1. The summed E-state index contributed by atoms with van der Waals surface area (Å²) in [5.74, 6) is 7.02. The average Bonchev–Trinajstić information content (AvgIpc) is 4.39. The number of aliphatic hydroxyl groups is 2. The molecule has 5 atom stereocenters. The Labute approximate surface area is 518 Å². The molecule has 10 heteroatoms. The van der Waals surface area contributed by atoms with Crippen molar-refractivity contribution < 1.29 is 39.1 Å². The van der Waals surface area contributed by atoms with Gasteiger partial charge in [-0.3, -0.25) is 0 Å². The second kappa shape index (κ2) is 54.7. The summed E-state index contributed by atoms with van der Waals surface area (Å²) in [6, 6.07) is 0. The van der Waals surface area contributed by atoms with Crippen molar-refractivity contribution in [2.45, 2.75) is 312 Å². The Morgan fingerprint density at radius 1 is 0.561 bits per heavy atom. The minimum atomic E-state index is -2.35. The Bertz CT molecular complexity index is 1730. The van der Waals surface area contributed by atoms with Crippen molar-refractivity contribution in [1.29, 1.82) is 0 Å². The standard InChI is InChI=1S/C15H23O2.C8H15O.C8H14O.C7H10O2.2C5H10O.6C4H9.2Sn/c1-6-9-11-14(12(4)5)17-15(16)13(8-3)10-7-2;2*1-4-5-6-8(9)7(2)3;1-3-5-6(4-2)7(8)9;2*1-4(2)5-3-6-5;6*1-3-4-2;;/h7,9-10,12,14H,2,8,11H2,1,3-5H3;5,7-9H,6H2,1-3H3;7-9H,6H2,1-3H3;3,5H,1,4H2,2H3,(H,8,9);2*4-5H,3H2,1-2H3;6*1,3-4H2,2H3;;/b9-6?,13-10+;;;6-5+;;;;;;;;;;/t14-;2*8-;;5-;;;;;;;;;/m000.0........./s1. The Morgan fingerprint density at radius 3 is 1.11 bits per heavy atom. The third kappa shape index (κ3) is 44.8. The van der Waals surface area contributed by atoms with Gasteiger partial charge in [-0.25, -0.2) is 4.79 Å². The van der Waals surface area contributed by atoms with Crippen LogP contribution in [0.15, 0.2) is 67.9 Å². The third-order valence-corrected chi connectivity index (χ3v) is 49.4. The number of rotatable bonds is 37. The number of unbranched alkanes of at least 4 members (excludes halogenated alkanes) is 6. The molecular weight excluding hydrogens is 1230 g/mol. The molecule has 0 aromatic heterocycles. The summed E-state index contributed by atoms with van der Waals surface area (Å²) < 4.78 is 28.4. The molecule has 2 aliphatic rings. The van der Waals surface area contributed by atoms with E-state index in [1.165, 1.54) is 116 Å². The molecule has 2 heterocycles. The molecule has 2 aliphatic heterocycles. The number of carboxylic acid groups (broad SMARTS) is 1. The number of hydrogen-bond donors (Lipinski definition) is 3. The molecule has 2 rings (SSSR count). The summed E-state index contributed by atoms with van der Waals surface area (Å²) >= 11 is -4.53. The van der Waals surface area contributed by atoms with E-state index in [9.17, 15) is 14.7 Å². The van der Waals surface area contributed by atoms with Gasteiger partial charge in [-0.05, 0) is 31.1 Å². The summed E-state index contributed by atoms with van der Waals surface area (Å²) in [7, 11) is 0. The summed E-state index contributed by atoms with van der Waals surface area (Å²) in [6.45, 7) is 54.7. The molecule has 0 aromatic rings. The number of allylic oxidation sites excluding steroid dienone is 6. The molecule has 8 nitrogen and oxygen atoms in total. The van der Waals surface area contributed by atoms with Gasteiger partial charge in [-0.15, -0.1) is 11.8 Å². The van der Waals surface area contributed by atoms with Crippen molar-refractivity contribution in [2.24, 2.45) is 29.6 Å². The third-order valence-electron chi connectivity index (χ3n) is 16.2. The zero-order chi connectivity index (χ0) is 63.7. The average molecular weight is 1370 g/mol. The Kier molecular flexibility index (Phi) is 58.0. The fraction of sp³-hybridized carbons (Fsp3) is 0.778. The topological polar surface area (TPSA) is 129 Å². The summed E-state index contributed by atoms with van der Waals surface area (Å²) in [5, 5.41) is 27.7. The van der Waals surface area contributed by atoms with Gasteiger partial charge < -0.3 is 19.7 Å². The van der Waals surface area contributed by atoms with Crippen LogP contribution >= 0.6 is 0 Å². The van der Waals surface area contributed by atoms with E-state index < -0.39 is 42.7 Å². The van der Waals surface area contributed by atoms with Gasteiger partial charge in [-0.2, -0.15) is 0 Å². The van der Waals surface area contributed by atoms with Crippen molar-refractivity contribution in [3.63, 3.8) is 0 Å². The normalized spacial score (nSPS) is 16.3. The first kappa shape index (κ1) is 86.8. The molecule has 2 saturated heterocycles. The predicted octanol–water partition coefficient (Wildman–Crippen LogP) is 20.6. The second-order valence-corrected chi connectivity index (χ2v) is 52.6. The number of carbonyl (C=O) groups is 2. The summed E-state index contributed by atoms with van der Waals surface area (Å²) in [6.07, 6.45) is 31.9. The maximum absolute atomic E-state index is 12.6. The molecule has 0 radical (unpaired) electrons. The van der Waals surface area contributed by atoms with E-state index in [4.69, 9.17) is 24.4 Å². The molecular formula is C72H136O8Sn2. The van der Waals surface area contributed by atoms with Crippen LogP contribution in [0.4, 0.5) is 0 Å². The number of ether oxygens (including phenoxy) is 3.